The normalized spacial score (nSPS) is 22.4. The molecule has 9 nitrogen and oxygen atoms in total. The molecule has 0 aromatic heterocycles. The lowest BCUT2D eigenvalue weighted by atomic mass is 9.92. The van der Waals surface area contributed by atoms with Crippen molar-refractivity contribution >= 4 is 18.2 Å². The van der Waals surface area contributed by atoms with Crippen LogP contribution in [-0.4, -0.2) is 72.3 Å². The molecule has 1 aliphatic heterocycles. The van der Waals surface area contributed by atoms with Crippen molar-refractivity contribution < 1.29 is 38.1 Å². The molecule has 1 heterocycles. The summed E-state index contributed by atoms with van der Waals surface area (Å²) in [6, 6.07) is 8.75. The van der Waals surface area contributed by atoms with Crippen molar-refractivity contribution in [2.24, 2.45) is 5.92 Å². The van der Waals surface area contributed by atoms with E-state index in [-0.39, 0.29) is 19.1 Å². The van der Waals surface area contributed by atoms with E-state index in [1.54, 1.807) is 48.5 Å². The predicted octanol–water partition coefficient (Wildman–Crippen LogP) is 6.31. The third-order valence-electron chi connectivity index (χ3n) is 6.31. The highest BCUT2D eigenvalue weighted by Crippen LogP contribution is 2.26. The Labute approximate surface area is 239 Å². The highest BCUT2D eigenvalue weighted by Gasteiger charge is 2.44. The maximum absolute atomic E-state index is 13.5. The van der Waals surface area contributed by atoms with E-state index in [9.17, 15) is 14.4 Å². The molecule has 4 unspecified atom stereocenters. The molecule has 226 valence electrons. The zero-order valence-electron chi connectivity index (χ0n) is 25.6. The number of esters is 1. The van der Waals surface area contributed by atoms with Gasteiger partial charge in [-0.1, -0.05) is 50.1 Å². The number of nitrogens with zero attached hydrogens (tertiary/aromatic N) is 1. The molecule has 40 heavy (non-hydrogen) atoms. The predicted molar refractivity (Wildman–Crippen MR) is 152 cm³/mol. The van der Waals surface area contributed by atoms with E-state index in [4.69, 9.17) is 23.7 Å². The lowest BCUT2D eigenvalue weighted by Gasteiger charge is -2.32. The van der Waals surface area contributed by atoms with Crippen LogP contribution < -0.4 is 0 Å². The van der Waals surface area contributed by atoms with Crippen LogP contribution in [0.1, 0.15) is 86.6 Å². The second-order valence-corrected chi connectivity index (χ2v) is 12.4. The molecular weight excluding hydrogens is 514 g/mol. The first kappa shape index (κ1) is 33.6. The van der Waals surface area contributed by atoms with Crippen LogP contribution in [0.3, 0.4) is 0 Å². The van der Waals surface area contributed by atoms with Crippen molar-refractivity contribution in [1.29, 1.82) is 0 Å². The molecule has 0 aliphatic carbocycles. The fraction of sp³-hybridized carbons (Fsp3) is 0.710. The van der Waals surface area contributed by atoms with Gasteiger partial charge in [-0.05, 0) is 73.3 Å². The van der Waals surface area contributed by atoms with Crippen molar-refractivity contribution in [2.45, 2.75) is 117 Å². The van der Waals surface area contributed by atoms with Gasteiger partial charge >= 0.3 is 18.2 Å². The Morgan fingerprint density at radius 2 is 1.55 bits per heavy atom. The summed E-state index contributed by atoms with van der Waals surface area (Å²) in [6.07, 6.45) is 1.47. The molecule has 1 saturated heterocycles. The summed E-state index contributed by atoms with van der Waals surface area (Å²) in [4.78, 5) is 40.6. The summed E-state index contributed by atoms with van der Waals surface area (Å²) < 4.78 is 29.2. The molecular formula is C31H49NO8. The second-order valence-electron chi connectivity index (χ2n) is 12.4. The minimum atomic E-state index is -1.39. The zero-order valence-corrected chi connectivity index (χ0v) is 25.6. The van der Waals surface area contributed by atoms with Gasteiger partial charge in [0.1, 0.15) is 17.3 Å². The van der Waals surface area contributed by atoms with Gasteiger partial charge in [-0.25, -0.2) is 14.4 Å². The average Bonchev–Trinajstić information content (AvgIpc) is 2.88. The molecule has 1 aromatic rings. The lowest BCUT2D eigenvalue weighted by molar-refractivity contribution is -0.163. The number of ether oxygens (including phenoxy) is 5. The molecule has 0 N–H and O–H groups in total. The van der Waals surface area contributed by atoms with Gasteiger partial charge in [0.15, 0.2) is 6.04 Å². The van der Waals surface area contributed by atoms with Crippen molar-refractivity contribution in [3.8, 4) is 0 Å². The molecule has 2 rings (SSSR count). The molecule has 1 aliphatic rings. The van der Waals surface area contributed by atoms with Crippen LogP contribution in [0.2, 0.25) is 0 Å². The molecule has 1 aromatic carbocycles. The second kappa shape index (κ2) is 15.4. The Morgan fingerprint density at radius 3 is 2.10 bits per heavy atom. The van der Waals surface area contributed by atoms with E-state index >= 15 is 0 Å². The summed E-state index contributed by atoms with van der Waals surface area (Å²) >= 11 is 0. The third kappa shape index (κ3) is 11.5. The largest absolute Gasteiger partial charge is 0.458 e. The number of unbranched alkanes of at least 4 members (excludes halogenated alkanes) is 2. The van der Waals surface area contributed by atoms with Gasteiger partial charge in [0.25, 0.3) is 0 Å². The van der Waals surface area contributed by atoms with Crippen LogP contribution in [0, 0.1) is 5.92 Å². The van der Waals surface area contributed by atoms with Gasteiger partial charge in [0, 0.05) is 12.5 Å². The maximum Gasteiger partial charge on any atom is 0.420 e. The van der Waals surface area contributed by atoms with Gasteiger partial charge in [-0.15, -0.1) is 0 Å². The fourth-order valence-corrected chi connectivity index (χ4v) is 4.42. The lowest BCUT2D eigenvalue weighted by Crippen LogP contribution is -2.54. The van der Waals surface area contributed by atoms with Crippen molar-refractivity contribution in [2.75, 3.05) is 19.8 Å². The van der Waals surface area contributed by atoms with Crippen LogP contribution in [0.25, 0.3) is 0 Å². The molecule has 0 bridgehead atoms. The number of rotatable bonds is 9. The number of carbonyl (C=O) groups is 3. The summed E-state index contributed by atoms with van der Waals surface area (Å²) in [5.41, 5.74) is -0.627. The van der Waals surface area contributed by atoms with Crippen LogP contribution in [0.4, 0.5) is 9.59 Å². The molecule has 4 atom stereocenters. The van der Waals surface area contributed by atoms with Gasteiger partial charge in [-0.2, -0.15) is 4.90 Å². The summed E-state index contributed by atoms with van der Waals surface area (Å²) in [6.45, 7) is 14.5. The number of aryl methyl sites for hydroxylation is 1. The Morgan fingerprint density at radius 1 is 0.950 bits per heavy atom. The zero-order chi connectivity index (χ0) is 29.9. The maximum atomic E-state index is 13.5. The highest BCUT2D eigenvalue weighted by atomic mass is 16.6. The first-order chi connectivity index (χ1) is 18.7. The van der Waals surface area contributed by atoms with E-state index in [1.165, 1.54) is 5.56 Å². The topological polar surface area (TPSA) is 101 Å². The third-order valence-corrected chi connectivity index (χ3v) is 6.31. The van der Waals surface area contributed by atoms with Gasteiger partial charge < -0.3 is 23.7 Å². The fourth-order valence-electron chi connectivity index (χ4n) is 4.42. The number of benzene rings is 1. The van der Waals surface area contributed by atoms with E-state index in [0.29, 0.717) is 11.5 Å². The van der Waals surface area contributed by atoms with Crippen molar-refractivity contribution in [1.82, 2.24) is 4.90 Å². The SMILES string of the molecule is CCCCCOC1C(CCc2ccccc2)COCC(N(C(=O)OC(C)(C)C)C(=O)OC(C)(C)C)C(=O)OC1C. The minimum Gasteiger partial charge on any atom is -0.458 e. The van der Waals surface area contributed by atoms with Crippen LogP contribution in [0.15, 0.2) is 30.3 Å². The monoisotopic (exact) mass is 563 g/mol. The Bertz CT molecular complexity index is 909. The first-order valence-corrected chi connectivity index (χ1v) is 14.4. The van der Waals surface area contributed by atoms with Gasteiger partial charge in [-0.3, -0.25) is 0 Å². The van der Waals surface area contributed by atoms with E-state index in [1.807, 2.05) is 18.2 Å². The number of hydrogen-bond donors (Lipinski definition) is 0. The number of cyclic esters (lactones) is 1. The van der Waals surface area contributed by atoms with E-state index in [2.05, 4.69) is 19.1 Å². The smallest absolute Gasteiger partial charge is 0.420 e. The summed E-state index contributed by atoms with van der Waals surface area (Å²) in [5.74, 6) is -0.866. The first-order valence-electron chi connectivity index (χ1n) is 14.4. The van der Waals surface area contributed by atoms with Crippen LogP contribution in [-0.2, 0) is 34.9 Å². The Hall–Kier alpha value is -2.65. The number of imide groups is 1. The summed E-state index contributed by atoms with van der Waals surface area (Å²) in [5, 5.41) is 0. The average molecular weight is 564 g/mol. The van der Waals surface area contributed by atoms with E-state index in [0.717, 1.165) is 32.1 Å². The number of hydrogen-bond acceptors (Lipinski definition) is 8. The van der Waals surface area contributed by atoms with Crippen molar-refractivity contribution in [3.63, 3.8) is 0 Å². The van der Waals surface area contributed by atoms with Gasteiger partial charge in [0.2, 0.25) is 0 Å². The molecule has 0 saturated carbocycles. The molecule has 2 amide bonds. The Balaban J connectivity index is 2.33. The molecule has 9 heteroatoms. The standard InChI is InChI=1S/C31H49NO8/c1-9-10-14-19-37-26-22(2)38-27(33)25(21-36-20-24(26)18-17-23-15-12-11-13-16-23)32(28(34)39-30(3,4)5)29(35)40-31(6,7)8/h11-13,15-16,22,24-26H,9-10,14,17-21H2,1-8H3. The summed E-state index contributed by atoms with van der Waals surface area (Å²) in [7, 11) is 0. The highest BCUT2D eigenvalue weighted by molar-refractivity contribution is 5.94. The number of carbonyl (C=O) groups excluding carboxylic acids is 3. The number of amides is 2. The van der Waals surface area contributed by atoms with Crippen LogP contribution in [0.5, 0.6) is 0 Å². The quantitative estimate of drug-likeness (QED) is 0.196. The molecule has 0 radical (unpaired) electrons. The molecule has 1 fully saturated rings. The van der Waals surface area contributed by atoms with Gasteiger partial charge in [0.05, 0.1) is 19.3 Å². The Kier molecular flexibility index (Phi) is 12.9. The minimum absolute atomic E-state index is 0.0834. The molecule has 0 spiro atoms. The van der Waals surface area contributed by atoms with E-state index < -0.39 is 47.6 Å². The van der Waals surface area contributed by atoms with Crippen LogP contribution >= 0.6 is 0 Å². The van der Waals surface area contributed by atoms with Crippen molar-refractivity contribution in [3.05, 3.63) is 35.9 Å².